The molecule has 0 aliphatic rings. The highest BCUT2D eigenvalue weighted by atomic mass is 79.9. The van der Waals surface area contributed by atoms with Crippen molar-refractivity contribution in [2.24, 2.45) is 0 Å². The van der Waals surface area contributed by atoms with Gasteiger partial charge in [0.2, 0.25) is 0 Å². The van der Waals surface area contributed by atoms with Crippen molar-refractivity contribution in [3.8, 4) is 5.75 Å². The van der Waals surface area contributed by atoms with Crippen molar-refractivity contribution in [2.45, 2.75) is 13.0 Å². The number of rotatable bonds is 5. The van der Waals surface area contributed by atoms with E-state index >= 15 is 0 Å². The number of aliphatic carboxylic acids is 1. The molecule has 1 unspecified atom stereocenters. The second kappa shape index (κ2) is 6.63. The Morgan fingerprint density at radius 2 is 2.00 bits per heavy atom. The van der Waals surface area contributed by atoms with Crippen LogP contribution in [0.1, 0.15) is 17.2 Å². The van der Waals surface area contributed by atoms with Gasteiger partial charge in [-0.05, 0) is 36.8 Å². The van der Waals surface area contributed by atoms with E-state index in [0.29, 0.717) is 11.3 Å². The highest BCUT2D eigenvalue weighted by Gasteiger charge is 2.23. The van der Waals surface area contributed by atoms with Crippen LogP contribution in [0.2, 0.25) is 0 Å². The van der Waals surface area contributed by atoms with Gasteiger partial charge in [-0.2, -0.15) is 0 Å². The van der Waals surface area contributed by atoms with Gasteiger partial charge in [-0.15, -0.1) is 0 Å². The zero-order chi connectivity index (χ0) is 15.4. The maximum atomic E-state index is 11.6. The van der Waals surface area contributed by atoms with Gasteiger partial charge in [-0.1, -0.05) is 34.1 Å². The number of anilines is 1. The molecule has 1 atom stereocenters. The van der Waals surface area contributed by atoms with Crippen molar-refractivity contribution in [1.82, 2.24) is 0 Å². The number of para-hydroxylation sites is 1. The Labute approximate surface area is 131 Å². The summed E-state index contributed by atoms with van der Waals surface area (Å²) in [7, 11) is 1.55. The third kappa shape index (κ3) is 3.55. The van der Waals surface area contributed by atoms with Crippen LogP contribution in [0, 0.1) is 6.92 Å². The molecule has 2 rings (SSSR count). The van der Waals surface area contributed by atoms with Crippen LogP contribution < -0.4 is 10.1 Å². The molecule has 2 aromatic carbocycles. The number of hydrogen-bond donors (Lipinski definition) is 2. The summed E-state index contributed by atoms with van der Waals surface area (Å²) in [6, 6.07) is 12.0. The summed E-state index contributed by atoms with van der Waals surface area (Å²) in [5.41, 5.74) is 2.40. The largest absolute Gasteiger partial charge is 0.497 e. The first-order valence-electron chi connectivity index (χ1n) is 6.41. The van der Waals surface area contributed by atoms with E-state index in [1.54, 1.807) is 25.3 Å². The molecule has 0 aliphatic heterocycles. The molecule has 5 heteroatoms. The van der Waals surface area contributed by atoms with E-state index in [1.165, 1.54) is 0 Å². The predicted molar refractivity (Wildman–Crippen MR) is 85.9 cm³/mol. The first kappa shape index (κ1) is 15.4. The Morgan fingerprint density at radius 1 is 1.29 bits per heavy atom. The highest BCUT2D eigenvalue weighted by Crippen LogP contribution is 2.31. The minimum absolute atomic E-state index is 0.616. The average molecular weight is 350 g/mol. The van der Waals surface area contributed by atoms with Crippen LogP contribution in [0.25, 0.3) is 0 Å². The Bertz CT molecular complexity index is 658. The van der Waals surface area contributed by atoms with Gasteiger partial charge in [-0.25, -0.2) is 4.79 Å². The predicted octanol–water partition coefficient (Wildman–Crippen LogP) is 4.00. The van der Waals surface area contributed by atoms with Gasteiger partial charge in [0.05, 0.1) is 7.11 Å². The van der Waals surface area contributed by atoms with Crippen LogP contribution in [0.15, 0.2) is 46.9 Å². The molecule has 0 saturated heterocycles. The van der Waals surface area contributed by atoms with E-state index in [0.717, 1.165) is 15.7 Å². The quantitative estimate of drug-likeness (QED) is 0.856. The number of carboxylic acid groups (broad SMARTS) is 1. The molecule has 0 amide bonds. The van der Waals surface area contributed by atoms with Crippen LogP contribution in [-0.2, 0) is 4.79 Å². The molecular weight excluding hydrogens is 334 g/mol. The lowest BCUT2D eigenvalue weighted by molar-refractivity contribution is -0.138. The van der Waals surface area contributed by atoms with E-state index < -0.39 is 12.0 Å². The number of halogens is 1. The molecule has 2 N–H and O–H groups in total. The minimum atomic E-state index is -0.952. The topological polar surface area (TPSA) is 58.6 Å². The lowest BCUT2D eigenvalue weighted by atomic mass is 10.1. The molecule has 0 fully saturated rings. The number of nitrogens with one attached hydrogen (secondary N) is 1. The summed E-state index contributed by atoms with van der Waals surface area (Å²) >= 11 is 3.40. The molecule has 21 heavy (non-hydrogen) atoms. The van der Waals surface area contributed by atoms with Crippen molar-refractivity contribution in [2.75, 3.05) is 12.4 Å². The zero-order valence-corrected chi connectivity index (χ0v) is 13.3. The SMILES string of the molecule is COc1ccc(Br)c(C(Nc2ccccc2C)C(=O)O)c1. The van der Waals surface area contributed by atoms with Crippen LogP contribution in [0.3, 0.4) is 0 Å². The third-order valence-corrected chi connectivity index (χ3v) is 3.93. The summed E-state index contributed by atoms with van der Waals surface area (Å²) in [6.45, 7) is 1.93. The Morgan fingerprint density at radius 3 is 2.62 bits per heavy atom. The summed E-state index contributed by atoms with van der Waals surface area (Å²) in [5.74, 6) is -0.335. The Kier molecular flexibility index (Phi) is 4.85. The molecule has 0 saturated carbocycles. The number of carboxylic acids is 1. The maximum absolute atomic E-state index is 11.6. The van der Waals surface area contributed by atoms with Crippen LogP contribution in [-0.4, -0.2) is 18.2 Å². The lowest BCUT2D eigenvalue weighted by Gasteiger charge is -2.19. The maximum Gasteiger partial charge on any atom is 0.330 e. The van der Waals surface area contributed by atoms with Crippen molar-refractivity contribution in [3.63, 3.8) is 0 Å². The first-order chi connectivity index (χ1) is 10.0. The van der Waals surface area contributed by atoms with Gasteiger partial charge in [0, 0.05) is 15.7 Å². The Hall–Kier alpha value is -2.01. The third-order valence-electron chi connectivity index (χ3n) is 3.21. The summed E-state index contributed by atoms with van der Waals surface area (Å²) in [6.07, 6.45) is 0. The van der Waals surface area contributed by atoms with Crippen LogP contribution in [0.4, 0.5) is 5.69 Å². The normalized spacial score (nSPS) is 11.8. The molecule has 0 aliphatic carbocycles. The fourth-order valence-electron chi connectivity index (χ4n) is 2.03. The van der Waals surface area contributed by atoms with E-state index in [9.17, 15) is 9.90 Å². The summed E-state index contributed by atoms with van der Waals surface area (Å²) < 4.78 is 5.89. The van der Waals surface area contributed by atoms with E-state index in [-0.39, 0.29) is 0 Å². The van der Waals surface area contributed by atoms with E-state index in [1.807, 2.05) is 31.2 Å². The van der Waals surface area contributed by atoms with Crippen LogP contribution in [0.5, 0.6) is 5.75 Å². The van der Waals surface area contributed by atoms with Gasteiger partial charge in [0.25, 0.3) is 0 Å². The molecular formula is C16H16BrNO3. The van der Waals surface area contributed by atoms with E-state index in [2.05, 4.69) is 21.2 Å². The molecule has 110 valence electrons. The number of aryl methyl sites for hydroxylation is 1. The fraction of sp³-hybridized carbons (Fsp3) is 0.188. The lowest BCUT2D eigenvalue weighted by Crippen LogP contribution is -2.21. The van der Waals surface area contributed by atoms with E-state index in [4.69, 9.17) is 4.74 Å². The molecule has 0 bridgehead atoms. The number of benzene rings is 2. The van der Waals surface area contributed by atoms with Gasteiger partial charge in [0.15, 0.2) is 6.04 Å². The van der Waals surface area contributed by atoms with Crippen molar-refractivity contribution >= 4 is 27.6 Å². The molecule has 0 aromatic heterocycles. The molecule has 0 radical (unpaired) electrons. The zero-order valence-electron chi connectivity index (χ0n) is 11.8. The van der Waals surface area contributed by atoms with Gasteiger partial charge < -0.3 is 15.2 Å². The van der Waals surface area contributed by atoms with Crippen LogP contribution >= 0.6 is 15.9 Å². The minimum Gasteiger partial charge on any atom is -0.497 e. The molecule has 0 spiro atoms. The highest BCUT2D eigenvalue weighted by molar-refractivity contribution is 9.10. The van der Waals surface area contributed by atoms with Gasteiger partial charge >= 0.3 is 5.97 Å². The van der Waals surface area contributed by atoms with Crippen molar-refractivity contribution in [1.29, 1.82) is 0 Å². The van der Waals surface area contributed by atoms with Gasteiger partial charge in [0.1, 0.15) is 5.75 Å². The van der Waals surface area contributed by atoms with Gasteiger partial charge in [-0.3, -0.25) is 0 Å². The number of hydrogen-bond acceptors (Lipinski definition) is 3. The molecule has 0 heterocycles. The second-order valence-electron chi connectivity index (χ2n) is 4.62. The Balaban J connectivity index is 2.40. The summed E-state index contributed by atoms with van der Waals surface area (Å²) in [5, 5.41) is 12.6. The molecule has 4 nitrogen and oxygen atoms in total. The average Bonchev–Trinajstić information content (AvgIpc) is 2.47. The number of carbonyl (C=O) groups is 1. The first-order valence-corrected chi connectivity index (χ1v) is 7.20. The fourth-order valence-corrected chi connectivity index (χ4v) is 2.51. The standard InChI is InChI=1S/C16H16BrNO3/c1-10-5-3-4-6-14(10)18-15(16(19)20)12-9-11(21-2)7-8-13(12)17/h3-9,15,18H,1-2H3,(H,19,20). The van der Waals surface area contributed by atoms with Crippen molar-refractivity contribution in [3.05, 3.63) is 58.1 Å². The van der Waals surface area contributed by atoms with Crippen molar-refractivity contribution < 1.29 is 14.6 Å². The number of methoxy groups -OCH3 is 1. The molecule has 2 aromatic rings. The monoisotopic (exact) mass is 349 g/mol. The summed E-state index contributed by atoms with van der Waals surface area (Å²) in [4.78, 5) is 11.6. The number of ether oxygens (including phenoxy) is 1. The smallest absolute Gasteiger partial charge is 0.330 e. The second-order valence-corrected chi connectivity index (χ2v) is 5.47.